The van der Waals surface area contributed by atoms with E-state index < -0.39 is 0 Å². The van der Waals surface area contributed by atoms with E-state index in [9.17, 15) is 4.79 Å². The second-order valence-corrected chi connectivity index (χ2v) is 5.15. The molecule has 2 saturated carbocycles. The van der Waals surface area contributed by atoms with Crippen LogP contribution in [0.5, 0.6) is 0 Å². The maximum Gasteiger partial charge on any atom is 0.221 e. The third kappa shape index (κ3) is 1.44. The standard InChI is InChI=1S/C11H18N2O/c14-11-5-9(6-12-11)13-10-4-7-1-2-8(10)3-7/h7-10,13H,1-6H2,(H,12,14). The van der Waals surface area contributed by atoms with Crippen LogP contribution in [0.2, 0.25) is 0 Å². The Balaban J connectivity index is 1.55. The zero-order valence-electron chi connectivity index (χ0n) is 8.46. The van der Waals surface area contributed by atoms with Crippen molar-refractivity contribution in [3.63, 3.8) is 0 Å². The SMILES string of the molecule is O=C1CC(NC2CC3CCC2C3)CN1. The third-order valence-electron chi connectivity index (χ3n) is 4.17. The molecule has 78 valence electrons. The van der Waals surface area contributed by atoms with Crippen molar-refractivity contribution in [2.75, 3.05) is 6.54 Å². The van der Waals surface area contributed by atoms with E-state index in [0.29, 0.717) is 18.5 Å². The summed E-state index contributed by atoms with van der Waals surface area (Å²) in [5, 5.41) is 6.54. The van der Waals surface area contributed by atoms with Gasteiger partial charge in [-0.2, -0.15) is 0 Å². The molecular weight excluding hydrogens is 176 g/mol. The maximum absolute atomic E-state index is 11.0. The van der Waals surface area contributed by atoms with Gasteiger partial charge in [0.1, 0.15) is 0 Å². The number of amides is 1. The van der Waals surface area contributed by atoms with E-state index in [1.807, 2.05) is 0 Å². The van der Waals surface area contributed by atoms with Crippen molar-refractivity contribution in [3.05, 3.63) is 0 Å². The molecule has 0 aromatic rings. The van der Waals surface area contributed by atoms with Crippen molar-refractivity contribution in [2.24, 2.45) is 11.8 Å². The van der Waals surface area contributed by atoms with E-state index in [1.165, 1.54) is 25.7 Å². The lowest BCUT2D eigenvalue weighted by Crippen LogP contribution is -2.42. The Kier molecular flexibility index (Phi) is 2.01. The number of hydrogen-bond acceptors (Lipinski definition) is 2. The molecule has 0 spiro atoms. The minimum absolute atomic E-state index is 0.214. The highest BCUT2D eigenvalue weighted by Crippen LogP contribution is 2.44. The van der Waals surface area contributed by atoms with Crippen LogP contribution in [0.4, 0.5) is 0 Å². The van der Waals surface area contributed by atoms with Gasteiger partial charge in [-0.3, -0.25) is 4.79 Å². The Morgan fingerprint density at radius 1 is 1.29 bits per heavy atom. The van der Waals surface area contributed by atoms with Crippen molar-refractivity contribution in [2.45, 2.75) is 44.2 Å². The van der Waals surface area contributed by atoms with Gasteiger partial charge in [-0.05, 0) is 31.1 Å². The molecule has 1 amide bonds. The van der Waals surface area contributed by atoms with Gasteiger partial charge in [0.25, 0.3) is 0 Å². The van der Waals surface area contributed by atoms with Crippen molar-refractivity contribution in [1.29, 1.82) is 0 Å². The third-order valence-corrected chi connectivity index (χ3v) is 4.17. The van der Waals surface area contributed by atoms with Gasteiger partial charge >= 0.3 is 0 Å². The van der Waals surface area contributed by atoms with Crippen LogP contribution in [0.15, 0.2) is 0 Å². The summed E-state index contributed by atoms with van der Waals surface area (Å²) in [6, 6.07) is 1.12. The molecule has 2 aliphatic carbocycles. The summed E-state index contributed by atoms with van der Waals surface area (Å²) in [7, 11) is 0. The Morgan fingerprint density at radius 2 is 2.21 bits per heavy atom. The fourth-order valence-electron chi connectivity index (χ4n) is 3.47. The number of carbonyl (C=O) groups excluding carboxylic acids is 1. The van der Waals surface area contributed by atoms with Crippen LogP contribution in [-0.4, -0.2) is 24.5 Å². The second-order valence-electron chi connectivity index (χ2n) is 5.15. The minimum Gasteiger partial charge on any atom is -0.354 e. The molecule has 0 aromatic heterocycles. The van der Waals surface area contributed by atoms with Crippen LogP contribution in [0.1, 0.15) is 32.1 Å². The topological polar surface area (TPSA) is 41.1 Å². The number of nitrogens with one attached hydrogen (secondary N) is 2. The number of hydrogen-bond donors (Lipinski definition) is 2. The van der Waals surface area contributed by atoms with Crippen molar-refractivity contribution >= 4 is 5.91 Å². The van der Waals surface area contributed by atoms with Crippen LogP contribution >= 0.6 is 0 Å². The molecule has 14 heavy (non-hydrogen) atoms. The van der Waals surface area contributed by atoms with Crippen LogP contribution in [0.25, 0.3) is 0 Å². The van der Waals surface area contributed by atoms with Gasteiger partial charge in [-0.1, -0.05) is 6.42 Å². The normalized spacial score (nSPS) is 45.9. The summed E-state index contributed by atoms with van der Waals surface area (Å²) >= 11 is 0. The molecule has 0 radical (unpaired) electrons. The van der Waals surface area contributed by atoms with Crippen molar-refractivity contribution in [1.82, 2.24) is 10.6 Å². The average Bonchev–Trinajstić information content (AvgIpc) is 2.82. The second kappa shape index (κ2) is 3.23. The van der Waals surface area contributed by atoms with Crippen LogP contribution < -0.4 is 10.6 Å². The van der Waals surface area contributed by atoms with E-state index in [0.717, 1.165) is 18.4 Å². The number of carbonyl (C=O) groups is 1. The fourth-order valence-corrected chi connectivity index (χ4v) is 3.47. The maximum atomic E-state index is 11.0. The summed E-state index contributed by atoms with van der Waals surface area (Å²) in [6.07, 6.45) is 6.34. The van der Waals surface area contributed by atoms with Crippen LogP contribution in [0.3, 0.4) is 0 Å². The van der Waals surface area contributed by atoms with Crippen molar-refractivity contribution < 1.29 is 4.79 Å². The lowest BCUT2D eigenvalue weighted by atomic mass is 9.94. The molecule has 1 heterocycles. The van der Waals surface area contributed by atoms with E-state index in [2.05, 4.69) is 10.6 Å². The van der Waals surface area contributed by atoms with Gasteiger partial charge in [-0.25, -0.2) is 0 Å². The van der Waals surface area contributed by atoms with Crippen LogP contribution in [0, 0.1) is 11.8 Å². The Labute approximate surface area is 84.6 Å². The zero-order valence-corrected chi connectivity index (χ0v) is 8.46. The van der Waals surface area contributed by atoms with Gasteiger partial charge in [0.05, 0.1) is 0 Å². The van der Waals surface area contributed by atoms with Crippen molar-refractivity contribution in [3.8, 4) is 0 Å². The van der Waals surface area contributed by atoms with Crippen LogP contribution in [-0.2, 0) is 4.79 Å². The summed E-state index contributed by atoms with van der Waals surface area (Å²) in [5.74, 6) is 2.11. The largest absolute Gasteiger partial charge is 0.354 e. The summed E-state index contributed by atoms with van der Waals surface area (Å²) in [5.41, 5.74) is 0. The first kappa shape index (κ1) is 8.72. The molecule has 0 aromatic carbocycles. The molecule has 3 heteroatoms. The van der Waals surface area contributed by atoms with Gasteiger partial charge in [-0.15, -0.1) is 0 Å². The molecule has 3 fully saturated rings. The monoisotopic (exact) mass is 194 g/mol. The fraction of sp³-hybridized carbons (Fsp3) is 0.909. The molecule has 3 aliphatic rings. The molecule has 3 rings (SSSR count). The van der Waals surface area contributed by atoms with Gasteiger partial charge in [0, 0.05) is 25.0 Å². The van der Waals surface area contributed by atoms with E-state index in [1.54, 1.807) is 0 Å². The highest BCUT2D eigenvalue weighted by atomic mass is 16.1. The lowest BCUT2D eigenvalue weighted by Gasteiger charge is -2.25. The van der Waals surface area contributed by atoms with Gasteiger partial charge in [0.15, 0.2) is 0 Å². The quantitative estimate of drug-likeness (QED) is 0.678. The molecule has 4 unspecified atom stereocenters. The molecule has 1 saturated heterocycles. The Bertz CT molecular complexity index is 254. The number of fused-ring (bicyclic) bond motifs is 2. The molecule has 1 aliphatic heterocycles. The predicted octanol–water partition coefficient (Wildman–Crippen LogP) is 0.653. The zero-order chi connectivity index (χ0) is 9.54. The smallest absolute Gasteiger partial charge is 0.221 e. The first-order valence-corrected chi connectivity index (χ1v) is 5.84. The minimum atomic E-state index is 0.214. The molecule has 3 nitrogen and oxygen atoms in total. The highest BCUT2D eigenvalue weighted by molar-refractivity contribution is 5.78. The summed E-state index contributed by atoms with van der Waals surface area (Å²) in [4.78, 5) is 11.0. The average molecular weight is 194 g/mol. The summed E-state index contributed by atoms with van der Waals surface area (Å²) in [6.45, 7) is 0.840. The Morgan fingerprint density at radius 3 is 2.79 bits per heavy atom. The molecule has 2 N–H and O–H groups in total. The van der Waals surface area contributed by atoms with Gasteiger partial charge < -0.3 is 10.6 Å². The first-order chi connectivity index (χ1) is 6.81. The molecular formula is C11H18N2O. The lowest BCUT2D eigenvalue weighted by molar-refractivity contribution is -0.119. The first-order valence-electron chi connectivity index (χ1n) is 5.84. The van der Waals surface area contributed by atoms with Gasteiger partial charge in [0.2, 0.25) is 5.91 Å². The Hall–Kier alpha value is -0.570. The molecule has 2 bridgehead atoms. The number of rotatable bonds is 2. The van der Waals surface area contributed by atoms with E-state index in [-0.39, 0.29) is 5.91 Å². The summed E-state index contributed by atoms with van der Waals surface area (Å²) < 4.78 is 0. The van der Waals surface area contributed by atoms with E-state index in [4.69, 9.17) is 0 Å². The molecule has 4 atom stereocenters. The predicted molar refractivity (Wildman–Crippen MR) is 53.8 cm³/mol. The highest BCUT2D eigenvalue weighted by Gasteiger charge is 2.40. The van der Waals surface area contributed by atoms with E-state index >= 15 is 0 Å².